The molecule has 0 aliphatic carbocycles. The average Bonchev–Trinajstić information content (AvgIpc) is 2.25. The fraction of sp³-hybridized carbons (Fsp3) is 0.636. The molecule has 0 fully saturated rings. The molecule has 1 rings (SSSR count). The second kappa shape index (κ2) is 5.78. The van der Waals surface area contributed by atoms with Crippen molar-refractivity contribution in [2.24, 2.45) is 0 Å². The van der Waals surface area contributed by atoms with E-state index in [-0.39, 0.29) is 0 Å². The minimum Gasteiger partial charge on any atom is -0.318 e. The van der Waals surface area contributed by atoms with Crippen LogP contribution in [0.3, 0.4) is 0 Å². The van der Waals surface area contributed by atoms with Crippen LogP contribution in [0.2, 0.25) is 0 Å². The molecule has 0 aliphatic heterocycles. The van der Waals surface area contributed by atoms with E-state index in [1.807, 2.05) is 14.0 Å². The summed E-state index contributed by atoms with van der Waals surface area (Å²) in [5.74, 6) is 0. The zero-order chi connectivity index (χ0) is 11.3. The van der Waals surface area contributed by atoms with Crippen molar-refractivity contribution in [1.82, 2.24) is 20.2 Å². The smallest absolute Gasteiger partial charge is 0.0784 e. The lowest BCUT2D eigenvalue weighted by Crippen LogP contribution is -2.30. The van der Waals surface area contributed by atoms with Gasteiger partial charge in [0.2, 0.25) is 0 Å². The van der Waals surface area contributed by atoms with E-state index in [9.17, 15) is 0 Å². The van der Waals surface area contributed by atoms with Crippen molar-refractivity contribution in [2.45, 2.75) is 19.9 Å². The number of aromatic nitrogens is 2. The van der Waals surface area contributed by atoms with E-state index < -0.39 is 0 Å². The predicted molar refractivity (Wildman–Crippen MR) is 61.7 cm³/mol. The van der Waals surface area contributed by atoms with E-state index in [4.69, 9.17) is 0 Å². The second-order valence-electron chi connectivity index (χ2n) is 3.79. The van der Waals surface area contributed by atoms with Crippen LogP contribution in [-0.4, -0.2) is 42.1 Å². The number of likely N-dealkylation sites (N-methyl/N-ethyl adjacent to an activating group) is 2. The fourth-order valence-electron chi connectivity index (χ4n) is 1.52. The highest BCUT2D eigenvalue weighted by Gasteiger charge is 2.14. The first-order chi connectivity index (χ1) is 7.16. The molecule has 1 aromatic rings. The van der Waals surface area contributed by atoms with Crippen molar-refractivity contribution < 1.29 is 0 Å². The Morgan fingerprint density at radius 2 is 2.07 bits per heavy atom. The highest BCUT2D eigenvalue weighted by Crippen LogP contribution is 2.17. The average molecular weight is 208 g/mol. The van der Waals surface area contributed by atoms with E-state index in [0.717, 1.165) is 24.5 Å². The van der Waals surface area contributed by atoms with Gasteiger partial charge in [-0.1, -0.05) is 0 Å². The summed E-state index contributed by atoms with van der Waals surface area (Å²) in [5.41, 5.74) is 2.08. The summed E-state index contributed by atoms with van der Waals surface area (Å²) in [7, 11) is 4.07. The summed E-state index contributed by atoms with van der Waals surface area (Å²) in [5, 5.41) is 3.14. The molecular weight excluding hydrogens is 188 g/mol. The summed E-state index contributed by atoms with van der Waals surface area (Å²) >= 11 is 0. The van der Waals surface area contributed by atoms with Crippen molar-refractivity contribution in [2.75, 3.05) is 27.2 Å². The summed E-state index contributed by atoms with van der Waals surface area (Å²) in [6.07, 6.45) is 3.49. The van der Waals surface area contributed by atoms with Crippen LogP contribution in [0.25, 0.3) is 0 Å². The van der Waals surface area contributed by atoms with Crippen LogP contribution in [0.15, 0.2) is 12.4 Å². The Balaban J connectivity index is 2.67. The van der Waals surface area contributed by atoms with Gasteiger partial charge in [0.1, 0.15) is 0 Å². The second-order valence-corrected chi connectivity index (χ2v) is 3.79. The maximum atomic E-state index is 4.38. The molecule has 0 amide bonds. The van der Waals surface area contributed by atoms with Crippen LogP contribution in [-0.2, 0) is 0 Å². The molecule has 0 spiro atoms. The van der Waals surface area contributed by atoms with E-state index in [1.54, 1.807) is 12.4 Å². The van der Waals surface area contributed by atoms with Gasteiger partial charge in [0.05, 0.1) is 17.4 Å². The lowest BCUT2D eigenvalue weighted by molar-refractivity contribution is 0.257. The van der Waals surface area contributed by atoms with Crippen LogP contribution in [0.5, 0.6) is 0 Å². The molecule has 1 unspecified atom stereocenters. The van der Waals surface area contributed by atoms with Gasteiger partial charge in [0, 0.05) is 25.5 Å². The number of nitrogens with zero attached hydrogens (tertiary/aromatic N) is 3. The van der Waals surface area contributed by atoms with Crippen molar-refractivity contribution >= 4 is 0 Å². The van der Waals surface area contributed by atoms with Crippen LogP contribution in [0, 0.1) is 6.92 Å². The van der Waals surface area contributed by atoms with Gasteiger partial charge in [-0.2, -0.15) is 0 Å². The number of nitrogens with one attached hydrogen (secondary N) is 1. The molecule has 84 valence electrons. The first kappa shape index (κ1) is 12.1. The van der Waals surface area contributed by atoms with Crippen LogP contribution >= 0.6 is 0 Å². The minimum absolute atomic E-state index is 0.312. The van der Waals surface area contributed by atoms with Crippen molar-refractivity contribution in [1.29, 1.82) is 0 Å². The fourth-order valence-corrected chi connectivity index (χ4v) is 1.52. The molecule has 0 aromatic carbocycles. The maximum Gasteiger partial charge on any atom is 0.0784 e. The third kappa shape index (κ3) is 3.25. The molecule has 4 nitrogen and oxygen atoms in total. The normalized spacial score (nSPS) is 13.1. The van der Waals surface area contributed by atoms with Gasteiger partial charge in [0.15, 0.2) is 0 Å². The zero-order valence-corrected chi connectivity index (χ0v) is 9.99. The molecule has 0 bridgehead atoms. The molecule has 1 heterocycles. The Kier molecular flexibility index (Phi) is 4.65. The quantitative estimate of drug-likeness (QED) is 0.783. The molecule has 1 atom stereocenters. The molecule has 0 saturated carbocycles. The standard InChI is InChI=1S/C11H20N4/c1-9-11(14-6-5-13-9)10(2)15(4)8-7-12-3/h5-6,10,12H,7-8H2,1-4H3. The molecule has 0 aliphatic rings. The van der Waals surface area contributed by atoms with E-state index in [2.05, 4.69) is 34.2 Å². The van der Waals surface area contributed by atoms with Crippen LogP contribution in [0.1, 0.15) is 24.4 Å². The summed E-state index contributed by atoms with van der Waals surface area (Å²) in [4.78, 5) is 10.9. The van der Waals surface area contributed by atoms with Gasteiger partial charge in [0.25, 0.3) is 0 Å². The Labute approximate surface area is 91.7 Å². The summed E-state index contributed by atoms with van der Waals surface area (Å²) in [6, 6.07) is 0.312. The first-order valence-corrected chi connectivity index (χ1v) is 5.29. The third-order valence-corrected chi connectivity index (χ3v) is 2.69. The van der Waals surface area contributed by atoms with Crippen LogP contribution < -0.4 is 5.32 Å². The van der Waals surface area contributed by atoms with Crippen LogP contribution in [0.4, 0.5) is 0 Å². The largest absolute Gasteiger partial charge is 0.318 e. The summed E-state index contributed by atoms with van der Waals surface area (Å²) < 4.78 is 0. The topological polar surface area (TPSA) is 41.0 Å². The Hall–Kier alpha value is -1.00. The van der Waals surface area contributed by atoms with Crippen molar-refractivity contribution in [3.8, 4) is 0 Å². The van der Waals surface area contributed by atoms with Gasteiger partial charge in [-0.05, 0) is 27.9 Å². The number of hydrogen-bond acceptors (Lipinski definition) is 4. The van der Waals surface area contributed by atoms with Crippen molar-refractivity contribution in [3.05, 3.63) is 23.8 Å². The molecule has 15 heavy (non-hydrogen) atoms. The Morgan fingerprint density at radius 1 is 1.40 bits per heavy atom. The Morgan fingerprint density at radius 3 is 2.67 bits per heavy atom. The predicted octanol–water partition coefficient (Wildman–Crippen LogP) is 0.997. The molecule has 4 heteroatoms. The maximum absolute atomic E-state index is 4.38. The van der Waals surface area contributed by atoms with E-state index in [0.29, 0.717) is 6.04 Å². The molecule has 1 N–H and O–H groups in total. The number of rotatable bonds is 5. The van der Waals surface area contributed by atoms with E-state index >= 15 is 0 Å². The number of aryl methyl sites for hydroxylation is 1. The first-order valence-electron chi connectivity index (χ1n) is 5.29. The minimum atomic E-state index is 0.312. The van der Waals surface area contributed by atoms with Gasteiger partial charge < -0.3 is 5.32 Å². The third-order valence-electron chi connectivity index (χ3n) is 2.69. The molecule has 0 radical (unpaired) electrons. The lowest BCUT2D eigenvalue weighted by Gasteiger charge is -2.24. The number of hydrogen-bond donors (Lipinski definition) is 1. The van der Waals surface area contributed by atoms with Gasteiger partial charge >= 0.3 is 0 Å². The lowest BCUT2D eigenvalue weighted by atomic mass is 10.1. The van der Waals surface area contributed by atoms with Gasteiger partial charge in [-0.25, -0.2) is 0 Å². The monoisotopic (exact) mass is 208 g/mol. The summed E-state index contributed by atoms with van der Waals surface area (Å²) in [6.45, 7) is 6.16. The molecule has 1 aromatic heterocycles. The van der Waals surface area contributed by atoms with Gasteiger partial charge in [-0.15, -0.1) is 0 Å². The van der Waals surface area contributed by atoms with Gasteiger partial charge in [-0.3, -0.25) is 14.9 Å². The molecule has 0 saturated heterocycles. The SMILES string of the molecule is CNCCN(C)C(C)c1nccnc1C. The zero-order valence-electron chi connectivity index (χ0n) is 9.99. The molecular formula is C11H20N4. The Bertz CT molecular complexity index is 300. The highest BCUT2D eigenvalue weighted by molar-refractivity contribution is 5.12. The van der Waals surface area contributed by atoms with Crippen molar-refractivity contribution in [3.63, 3.8) is 0 Å². The van der Waals surface area contributed by atoms with E-state index in [1.165, 1.54) is 0 Å². The highest BCUT2D eigenvalue weighted by atomic mass is 15.1.